The molecular weight excluding hydrogens is 474 g/mol. The van der Waals surface area contributed by atoms with Crippen molar-refractivity contribution < 1.29 is 19.4 Å². The van der Waals surface area contributed by atoms with Crippen molar-refractivity contribution in [1.29, 1.82) is 0 Å². The molecule has 1 aliphatic carbocycles. The minimum atomic E-state index is -0.149. The van der Waals surface area contributed by atoms with Gasteiger partial charge in [-0.2, -0.15) is 15.0 Å². The molecule has 11 nitrogen and oxygen atoms in total. The van der Waals surface area contributed by atoms with Gasteiger partial charge in [-0.25, -0.2) is 0 Å². The Labute approximate surface area is 219 Å². The summed E-state index contributed by atoms with van der Waals surface area (Å²) in [5.74, 6) is 1.52. The highest BCUT2D eigenvalue weighted by Crippen LogP contribution is 2.22. The summed E-state index contributed by atoms with van der Waals surface area (Å²) in [6.07, 6.45) is 4.64. The third-order valence-electron chi connectivity index (χ3n) is 6.11. The maximum Gasteiger partial charge on any atom is 0.251 e. The van der Waals surface area contributed by atoms with Crippen LogP contribution in [-0.4, -0.2) is 84.2 Å². The van der Waals surface area contributed by atoms with Gasteiger partial charge in [-0.05, 0) is 30.9 Å². The van der Waals surface area contributed by atoms with E-state index in [2.05, 4.69) is 36.2 Å². The number of anilines is 3. The van der Waals surface area contributed by atoms with Crippen molar-refractivity contribution in [3.05, 3.63) is 35.9 Å². The Kier molecular flexibility index (Phi) is 12.3. The molecule has 1 amide bonds. The van der Waals surface area contributed by atoms with Crippen molar-refractivity contribution in [2.45, 2.75) is 51.6 Å². The largest absolute Gasteiger partial charge is 0.394 e. The number of rotatable bonds is 17. The molecule has 1 atom stereocenters. The fourth-order valence-electron chi connectivity index (χ4n) is 3.91. The number of nitrogens with one attached hydrogen (secondary N) is 4. The van der Waals surface area contributed by atoms with Gasteiger partial charge in [0.1, 0.15) is 0 Å². The zero-order chi connectivity index (χ0) is 26.3. The number of carbonyl (C=O) groups excluding carboxylic acids is 1. The van der Waals surface area contributed by atoms with Crippen LogP contribution in [0.5, 0.6) is 0 Å². The summed E-state index contributed by atoms with van der Waals surface area (Å²) in [7, 11) is 0. The highest BCUT2D eigenvalue weighted by molar-refractivity contribution is 5.94. The van der Waals surface area contributed by atoms with Gasteiger partial charge in [0.2, 0.25) is 17.8 Å². The Bertz CT molecular complexity index is 926. The Morgan fingerprint density at radius 1 is 0.946 bits per heavy atom. The number of aromatic nitrogens is 3. The zero-order valence-corrected chi connectivity index (χ0v) is 21.9. The number of benzene rings is 1. The maximum absolute atomic E-state index is 12.0. The topological polar surface area (TPSA) is 143 Å². The van der Waals surface area contributed by atoms with E-state index in [-0.39, 0.29) is 24.5 Å². The molecule has 1 saturated carbocycles. The van der Waals surface area contributed by atoms with Crippen LogP contribution in [0.1, 0.15) is 49.9 Å². The van der Waals surface area contributed by atoms with Crippen LogP contribution in [-0.2, 0) is 9.47 Å². The first-order chi connectivity index (χ1) is 18.0. The second kappa shape index (κ2) is 16.0. The molecule has 2 aromatic rings. The molecule has 0 bridgehead atoms. The molecule has 5 N–H and O–H groups in total. The van der Waals surface area contributed by atoms with Gasteiger partial charge in [0.25, 0.3) is 5.91 Å². The van der Waals surface area contributed by atoms with Gasteiger partial charge in [-0.1, -0.05) is 44.9 Å². The Balaban J connectivity index is 1.34. The predicted octanol–water partition coefficient (Wildman–Crippen LogP) is 2.53. The van der Waals surface area contributed by atoms with Gasteiger partial charge < -0.3 is 35.8 Å². The van der Waals surface area contributed by atoms with Crippen LogP contribution in [0.4, 0.5) is 17.8 Å². The average Bonchev–Trinajstić information content (AvgIpc) is 3.41. The molecule has 204 valence electrons. The monoisotopic (exact) mass is 515 g/mol. The number of amides is 1. The quantitative estimate of drug-likeness (QED) is 0.199. The van der Waals surface area contributed by atoms with Crippen molar-refractivity contribution in [2.75, 3.05) is 62.1 Å². The van der Waals surface area contributed by atoms with Crippen LogP contribution in [0, 0.1) is 5.92 Å². The molecular formula is C26H41N7O4. The molecule has 1 aliphatic rings. The van der Waals surface area contributed by atoms with Crippen LogP contribution in [0.2, 0.25) is 0 Å². The van der Waals surface area contributed by atoms with Gasteiger partial charge in [0, 0.05) is 24.7 Å². The smallest absolute Gasteiger partial charge is 0.251 e. The lowest BCUT2D eigenvalue weighted by Crippen LogP contribution is -2.31. The average molecular weight is 516 g/mol. The highest BCUT2D eigenvalue weighted by atomic mass is 16.5. The first-order valence-electron chi connectivity index (χ1n) is 13.2. The molecule has 37 heavy (non-hydrogen) atoms. The van der Waals surface area contributed by atoms with Crippen molar-refractivity contribution in [3.8, 4) is 0 Å². The van der Waals surface area contributed by atoms with E-state index in [1.54, 1.807) is 12.1 Å². The van der Waals surface area contributed by atoms with Gasteiger partial charge in [-0.3, -0.25) is 4.79 Å². The number of hydrogen-bond donors (Lipinski definition) is 5. The van der Waals surface area contributed by atoms with E-state index in [0.29, 0.717) is 69.0 Å². The van der Waals surface area contributed by atoms with Crippen molar-refractivity contribution >= 4 is 23.8 Å². The minimum absolute atomic E-state index is 0.00714. The van der Waals surface area contributed by atoms with Crippen molar-refractivity contribution in [2.24, 2.45) is 5.92 Å². The SMILES string of the molecule is CC(C)[C@@H](CO)Nc1nc(NCCOCCOCCNC(=O)c2ccccc2)nc(NC2CCCC2)n1. The molecule has 1 heterocycles. The summed E-state index contributed by atoms with van der Waals surface area (Å²) in [5, 5.41) is 22.3. The standard InChI is InChI=1S/C26H41N7O4/c1-19(2)22(18-34)30-26-32-24(31-25(33-26)29-21-10-6-7-11-21)28-13-15-37-17-16-36-14-12-27-23(35)20-8-4-3-5-9-20/h3-5,8-9,19,21-22,34H,6-7,10-18H2,1-2H3,(H,27,35)(H3,28,29,30,31,32,33)/t22-/m1/s1. The van der Waals surface area contributed by atoms with E-state index in [1.807, 2.05) is 32.0 Å². The Morgan fingerprint density at radius 2 is 1.59 bits per heavy atom. The molecule has 1 aromatic carbocycles. The first-order valence-corrected chi connectivity index (χ1v) is 13.2. The fourth-order valence-corrected chi connectivity index (χ4v) is 3.91. The first kappa shape index (κ1) is 28.5. The summed E-state index contributed by atoms with van der Waals surface area (Å²) < 4.78 is 11.1. The second-order valence-corrected chi connectivity index (χ2v) is 9.38. The molecule has 0 radical (unpaired) electrons. The van der Waals surface area contributed by atoms with E-state index < -0.39 is 0 Å². The van der Waals surface area contributed by atoms with Gasteiger partial charge in [-0.15, -0.1) is 0 Å². The number of carbonyl (C=O) groups is 1. The number of aliphatic hydroxyl groups is 1. The summed E-state index contributed by atoms with van der Waals surface area (Å²) in [4.78, 5) is 25.5. The van der Waals surface area contributed by atoms with Crippen LogP contribution >= 0.6 is 0 Å². The zero-order valence-electron chi connectivity index (χ0n) is 21.9. The van der Waals surface area contributed by atoms with Crippen LogP contribution in [0.3, 0.4) is 0 Å². The van der Waals surface area contributed by atoms with Crippen LogP contribution in [0.25, 0.3) is 0 Å². The lowest BCUT2D eigenvalue weighted by Gasteiger charge is -2.21. The third kappa shape index (κ3) is 10.5. The minimum Gasteiger partial charge on any atom is -0.394 e. The maximum atomic E-state index is 12.0. The van der Waals surface area contributed by atoms with Crippen LogP contribution in [0.15, 0.2) is 30.3 Å². The Morgan fingerprint density at radius 3 is 2.27 bits per heavy atom. The van der Waals surface area contributed by atoms with E-state index in [9.17, 15) is 9.90 Å². The van der Waals surface area contributed by atoms with Crippen molar-refractivity contribution in [3.63, 3.8) is 0 Å². The summed E-state index contributed by atoms with van der Waals surface area (Å²) in [6, 6.07) is 9.32. The van der Waals surface area contributed by atoms with Crippen LogP contribution < -0.4 is 21.3 Å². The molecule has 0 aliphatic heterocycles. The molecule has 0 spiro atoms. The van der Waals surface area contributed by atoms with Crippen molar-refractivity contribution in [1.82, 2.24) is 20.3 Å². The summed E-state index contributed by atoms with van der Waals surface area (Å²) in [5.41, 5.74) is 0.633. The fraction of sp³-hybridized carbons (Fsp3) is 0.615. The van der Waals surface area contributed by atoms with Gasteiger partial charge in [0.05, 0.1) is 39.1 Å². The molecule has 0 unspecified atom stereocenters. The number of nitrogens with zero attached hydrogens (tertiary/aromatic N) is 3. The molecule has 1 aromatic heterocycles. The highest BCUT2D eigenvalue weighted by Gasteiger charge is 2.18. The Hall–Kier alpha value is -3.02. The normalized spacial score (nSPS) is 14.5. The number of aliphatic hydroxyl groups excluding tert-OH is 1. The predicted molar refractivity (Wildman–Crippen MR) is 144 cm³/mol. The lowest BCUT2D eigenvalue weighted by molar-refractivity contribution is 0.0519. The second-order valence-electron chi connectivity index (χ2n) is 9.38. The van der Waals surface area contributed by atoms with E-state index >= 15 is 0 Å². The molecule has 3 rings (SSSR count). The molecule has 11 heteroatoms. The van der Waals surface area contributed by atoms with E-state index in [4.69, 9.17) is 9.47 Å². The number of ether oxygens (including phenoxy) is 2. The van der Waals surface area contributed by atoms with Gasteiger partial charge >= 0.3 is 0 Å². The molecule has 0 saturated heterocycles. The van der Waals surface area contributed by atoms with E-state index in [1.165, 1.54) is 12.8 Å². The summed E-state index contributed by atoms with van der Waals surface area (Å²) >= 11 is 0. The lowest BCUT2D eigenvalue weighted by atomic mass is 10.1. The van der Waals surface area contributed by atoms with Gasteiger partial charge in [0.15, 0.2) is 0 Å². The third-order valence-corrected chi connectivity index (χ3v) is 6.11. The summed E-state index contributed by atoms with van der Waals surface area (Å²) in [6.45, 7) is 6.78. The van der Waals surface area contributed by atoms with E-state index in [0.717, 1.165) is 12.8 Å². The molecule has 1 fully saturated rings. The number of hydrogen-bond acceptors (Lipinski definition) is 10.